The fraction of sp³-hybridized carbons (Fsp3) is 0.500. The van der Waals surface area contributed by atoms with Gasteiger partial charge in [-0.2, -0.15) is 0 Å². The van der Waals surface area contributed by atoms with Crippen LogP contribution in [0.3, 0.4) is 0 Å². The zero-order valence-electron chi connectivity index (χ0n) is 20.7. The molecule has 2 aliphatic rings. The lowest BCUT2D eigenvalue weighted by molar-refractivity contribution is -0.149. The van der Waals surface area contributed by atoms with Crippen LogP contribution in [0.2, 0.25) is 0 Å². The Kier molecular flexibility index (Phi) is 7.57. The summed E-state index contributed by atoms with van der Waals surface area (Å²) in [4.78, 5) is 32.7. The van der Waals surface area contributed by atoms with Crippen molar-refractivity contribution in [3.8, 4) is 5.75 Å². The number of aryl methyl sites for hydroxylation is 1. The molecule has 2 aliphatic heterocycles. The van der Waals surface area contributed by atoms with Crippen LogP contribution in [0.5, 0.6) is 5.75 Å². The van der Waals surface area contributed by atoms with Gasteiger partial charge in [-0.25, -0.2) is 0 Å². The van der Waals surface area contributed by atoms with Gasteiger partial charge in [0, 0.05) is 44.6 Å². The van der Waals surface area contributed by atoms with Crippen molar-refractivity contribution < 1.29 is 14.3 Å². The summed E-state index contributed by atoms with van der Waals surface area (Å²) in [6.07, 6.45) is 2.74. The van der Waals surface area contributed by atoms with Crippen LogP contribution in [0.15, 0.2) is 54.6 Å². The van der Waals surface area contributed by atoms with Crippen molar-refractivity contribution in [2.75, 3.05) is 46.9 Å². The van der Waals surface area contributed by atoms with Crippen LogP contribution in [-0.4, -0.2) is 73.4 Å². The Bertz CT molecular complexity index is 968. The molecule has 34 heavy (non-hydrogen) atoms. The molecule has 2 heterocycles. The summed E-state index contributed by atoms with van der Waals surface area (Å²) in [6, 6.07) is 18.5. The van der Waals surface area contributed by atoms with Gasteiger partial charge in [-0.1, -0.05) is 49.4 Å². The van der Waals surface area contributed by atoms with Crippen LogP contribution in [0.1, 0.15) is 43.4 Å². The van der Waals surface area contributed by atoms with Crippen molar-refractivity contribution in [1.82, 2.24) is 14.7 Å². The summed E-state index contributed by atoms with van der Waals surface area (Å²) in [7, 11) is 3.79. The molecule has 2 aromatic rings. The molecule has 2 aromatic carbocycles. The van der Waals surface area contributed by atoms with Gasteiger partial charge >= 0.3 is 0 Å². The first-order chi connectivity index (χ1) is 16.4. The first-order valence-electron chi connectivity index (χ1n) is 12.3. The highest BCUT2D eigenvalue weighted by Crippen LogP contribution is 2.35. The SMILES string of the molecule is COc1ccc(C2CN(C(=O)C3(C)CCN(C(=O)CCc4ccccc4)CC3)CCN2C)cc1. The summed E-state index contributed by atoms with van der Waals surface area (Å²) in [6.45, 7) is 5.69. The summed E-state index contributed by atoms with van der Waals surface area (Å²) < 4.78 is 5.29. The molecule has 0 aromatic heterocycles. The summed E-state index contributed by atoms with van der Waals surface area (Å²) >= 11 is 0. The van der Waals surface area contributed by atoms with Crippen LogP contribution in [0.4, 0.5) is 0 Å². The smallest absolute Gasteiger partial charge is 0.228 e. The van der Waals surface area contributed by atoms with Crippen molar-refractivity contribution in [3.05, 3.63) is 65.7 Å². The maximum Gasteiger partial charge on any atom is 0.228 e. The molecule has 2 amide bonds. The molecule has 4 rings (SSSR count). The van der Waals surface area contributed by atoms with Gasteiger partial charge in [0.25, 0.3) is 0 Å². The molecule has 2 saturated heterocycles. The van der Waals surface area contributed by atoms with Gasteiger partial charge in [-0.3, -0.25) is 14.5 Å². The number of piperazine rings is 1. The standard InChI is InChI=1S/C28H37N3O3/c1-28(15-17-30(18-16-28)26(32)14-9-22-7-5-4-6-8-22)27(33)31-20-19-29(2)25(21-31)23-10-12-24(34-3)13-11-23/h4-8,10-13,25H,9,14-21H2,1-3H3. The summed E-state index contributed by atoms with van der Waals surface area (Å²) in [5.41, 5.74) is 1.98. The second-order valence-corrected chi connectivity index (χ2v) is 9.95. The number of rotatable bonds is 6. The average Bonchev–Trinajstić information content (AvgIpc) is 2.88. The van der Waals surface area contributed by atoms with Crippen molar-refractivity contribution >= 4 is 11.8 Å². The lowest BCUT2D eigenvalue weighted by atomic mass is 9.78. The van der Waals surface area contributed by atoms with Crippen LogP contribution < -0.4 is 4.74 Å². The Balaban J connectivity index is 1.33. The first-order valence-corrected chi connectivity index (χ1v) is 12.3. The fourth-order valence-corrected chi connectivity index (χ4v) is 5.14. The van der Waals surface area contributed by atoms with Gasteiger partial charge < -0.3 is 14.5 Å². The largest absolute Gasteiger partial charge is 0.497 e. The third-order valence-electron chi connectivity index (χ3n) is 7.64. The number of ether oxygens (including phenoxy) is 1. The molecule has 0 N–H and O–H groups in total. The molecule has 0 spiro atoms. The van der Waals surface area contributed by atoms with E-state index in [-0.39, 0.29) is 17.9 Å². The molecule has 182 valence electrons. The van der Waals surface area contributed by atoms with Gasteiger partial charge in [0.05, 0.1) is 13.2 Å². The first kappa shape index (κ1) is 24.3. The highest BCUT2D eigenvalue weighted by Gasteiger charge is 2.42. The van der Waals surface area contributed by atoms with E-state index >= 15 is 0 Å². The molecule has 2 fully saturated rings. The third-order valence-corrected chi connectivity index (χ3v) is 7.64. The minimum absolute atomic E-state index is 0.173. The van der Waals surface area contributed by atoms with Gasteiger partial charge in [0.2, 0.25) is 11.8 Å². The third kappa shape index (κ3) is 5.44. The number of methoxy groups -OCH3 is 1. The van der Waals surface area contributed by atoms with E-state index in [2.05, 4.69) is 43.1 Å². The maximum absolute atomic E-state index is 13.6. The lowest BCUT2D eigenvalue weighted by Crippen LogP contribution is -2.55. The Morgan fingerprint density at radius 2 is 1.62 bits per heavy atom. The van der Waals surface area contributed by atoms with Crippen molar-refractivity contribution in [3.63, 3.8) is 0 Å². The zero-order chi connectivity index (χ0) is 24.1. The molecule has 0 radical (unpaired) electrons. The highest BCUT2D eigenvalue weighted by atomic mass is 16.5. The van der Waals surface area contributed by atoms with E-state index in [0.717, 1.165) is 38.1 Å². The number of carbonyl (C=O) groups excluding carboxylic acids is 2. The Hall–Kier alpha value is -2.86. The van der Waals surface area contributed by atoms with E-state index in [0.29, 0.717) is 26.1 Å². The number of piperidine rings is 1. The van der Waals surface area contributed by atoms with Crippen molar-refractivity contribution in [1.29, 1.82) is 0 Å². The monoisotopic (exact) mass is 463 g/mol. The van der Waals surface area contributed by atoms with Crippen molar-refractivity contribution in [2.24, 2.45) is 5.41 Å². The van der Waals surface area contributed by atoms with E-state index in [1.807, 2.05) is 40.1 Å². The maximum atomic E-state index is 13.6. The van der Waals surface area contributed by atoms with Gasteiger partial charge in [0.1, 0.15) is 5.75 Å². The Morgan fingerprint density at radius 1 is 0.941 bits per heavy atom. The topological polar surface area (TPSA) is 53.1 Å². The van der Waals surface area contributed by atoms with E-state index in [1.54, 1.807) is 7.11 Å². The number of benzene rings is 2. The van der Waals surface area contributed by atoms with Crippen LogP contribution in [0.25, 0.3) is 0 Å². The van der Waals surface area contributed by atoms with E-state index < -0.39 is 5.41 Å². The van der Waals surface area contributed by atoms with E-state index in [9.17, 15) is 9.59 Å². The zero-order valence-corrected chi connectivity index (χ0v) is 20.7. The molecular weight excluding hydrogens is 426 g/mol. The Labute approximate surface area is 203 Å². The minimum atomic E-state index is -0.406. The van der Waals surface area contributed by atoms with Crippen LogP contribution in [-0.2, 0) is 16.0 Å². The number of nitrogens with zero attached hydrogens (tertiary/aromatic N) is 3. The Morgan fingerprint density at radius 3 is 2.26 bits per heavy atom. The minimum Gasteiger partial charge on any atom is -0.497 e. The van der Waals surface area contributed by atoms with Crippen LogP contribution in [0, 0.1) is 5.41 Å². The normalized spacial score (nSPS) is 20.7. The quantitative estimate of drug-likeness (QED) is 0.654. The molecule has 0 aliphatic carbocycles. The highest BCUT2D eigenvalue weighted by molar-refractivity contribution is 5.83. The van der Waals surface area contributed by atoms with Gasteiger partial charge in [-0.05, 0) is 49.6 Å². The number of carbonyl (C=O) groups is 2. The van der Waals surface area contributed by atoms with E-state index in [1.165, 1.54) is 11.1 Å². The molecule has 0 saturated carbocycles. The number of hydrogen-bond acceptors (Lipinski definition) is 4. The molecule has 6 nitrogen and oxygen atoms in total. The van der Waals surface area contributed by atoms with Gasteiger partial charge in [0.15, 0.2) is 0 Å². The number of amides is 2. The second-order valence-electron chi connectivity index (χ2n) is 9.95. The lowest BCUT2D eigenvalue weighted by Gasteiger charge is -2.45. The predicted molar refractivity (Wildman–Crippen MR) is 134 cm³/mol. The van der Waals surface area contributed by atoms with Crippen molar-refractivity contribution in [2.45, 2.75) is 38.6 Å². The summed E-state index contributed by atoms with van der Waals surface area (Å²) in [5, 5.41) is 0. The predicted octanol–water partition coefficient (Wildman–Crippen LogP) is 3.77. The second kappa shape index (κ2) is 10.6. The molecule has 1 atom stereocenters. The van der Waals surface area contributed by atoms with Gasteiger partial charge in [-0.15, -0.1) is 0 Å². The van der Waals surface area contributed by atoms with Crippen LogP contribution >= 0.6 is 0 Å². The fourth-order valence-electron chi connectivity index (χ4n) is 5.14. The number of hydrogen-bond donors (Lipinski definition) is 0. The molecular formula is C28H37N3O3. The number of likely N-dealkylation sites (tertiary alicyclic amines) is 1. The molecule has 0 bridgehead atoms. The summed E-state index contributed by atoms with van der Waals surface area (Å²) in [5.74, 6) is 1.26. The number of likely N-dealkylation sites (N-methyl/N-ethyl adjacent to an activating group) is 1. The average molecular weight is 464 g/mol. The molecule has 6 heteroatoms. The molecule has 1 unspecified atom stereocenters. The van der Waals surface area contributed by atoms with E-state index in [4.69, 9.17) is 4.74 Å².